The van der Waals surface area contributed by atoms with Crippen LogP contribution in [0.15, 0.2) is 18.2 Å². The van der Waals surface area contributed by atoms with Crippen molar-refractivity contribution >= 4 is 0 Å². The number of ether oxygens (including phenoxy) is 2. The van der Waals surface area contributed by atoms with E-state index in [0.29, 0.717) is 6.61 Å². The van der Waals surface area contributed by atoms with E-state index in [1.54, 1.807) is 0 Å². The molecule has 3 nitrogen and oxygen atoms in total. The molecule has 1 aromatic rings. The van der Waals surface area contributed by atoms with Gasteiger partial charge in [0.25, 0.3) is 0 Å². The number of unbranched alkanes of at least 4 members (excludes halogenated alkanes) is 1. The molecule has 3 heteroatoms. The van der Waals surface area contributed by atoms with E-state index in [1.807, 2.05) is 13.0 Å². The van der Waals surface area contributed by atoms with Crippen molar-refractivity contribution in [2.75, 3.05) is 32.8 Å². The first-order chi connectivity index (χ1) is 11.7. The van der Waals surface area contributed by atoms with E-state index in [0.717, 1.165) is 63.4 Å². The van der Waals surface area contributed by atoms with Gasteiger partial charge in [-0.15, -0.1) is 5.92 Å². The zero-order chi connectivity index (χ0) is 17.6. The largest absolute Gasteiger partial charge is 0.490 e. The maximum atomic E-state index is 5.74. The monoisotopic (exact) mass is 331 g/mol. The van der Waals surface area contributed by atoms with E-state index in [1.165, 1.54) is 5.56 Å². The first-order valence-corrected chi connectivity index (χ1v) is 9.31. The predicted molar refractivity (Wildman–Crippen MR) is 102 cm³/mol. The van der Waals surface area contributed by atoms with E-state index >= 15 is 0 Å². The SMILES string of the molecule is CCCOc1ccc(CCCC#CCN(CC)CC)cc1OCC. The van der Waals surface area contributed by atoms with Crippen LogP contribution in [-0.2, 0) is 6.42 Å². The lowest BCUT2D eigenvalue weighted by Crippen LogP contribution is -2.22. The molecule has 0 aliphatic heterocycles. The van der Waals surface area contributed by atoms with Crippen molar-refractivity contribution in [1.82, 2.24) is 4.90 Å². The van der Waals surface area contributed by atoms with Crippen LogP contribution in [0.4, 0.5) is 0 Å². The number of benzene rings is 1. The Labute approximate surface area is 148 Å². The second-order valence-electron chi connectivity index (χ2n) is 5.73. The molecule has 0 N–H and O–H groups in total. The third kappa shape index (κ3) is 7.75. The highest BCUT2D eigenvalue weighted by molar-refractivity contribution is 5.43. The van der Waals surface area contributed by atoms with E-state index in [2.05, 4.69) is 49.6 Å². The van der Waals surface area contributed by atoms with Gasteiger partial charge in [0, 0.05) is 6.42 Å². The Bertz CT molecular complexity index is 512. The minimum Gasteiger partial charge on any atom is -0.490 e. The number of rotatable bonds is 11. The minimum atomic E-state index is 0.656. The highest BCUT2D eigenvalue weighted by Crippen LogP contribution is 2.29. The molecule has 1 aromatic carbocycles. The zero-order valence-corrected chi connectivity index (χ0v) is 15.9. The summed E-state index contributed by atoms with van der Waals surface area (Å²) >= 11 is 0. The summed E-state index contributed by atoms with van der Waals surface area (Å²) in [6, 6.07) is 6.27. The van der Waals surface area contributed by atoms with Gasteiger partial charge in [0.2, 0.25) is 0 Å². The standard InChI is InChI=1S/C21H33NO2/c1-5-17-24-20-15-14-19(18-21(20)23-8-4)13-11-9-10-12-16-22(6-2)7-3/h14-15,18H,5-9,11,13,16-17H2,1-4H3. The Morgan fingerprint density at radius 1 is 0.958 bits per heavy atom. The molecule has 0 heterocycles. The normalized spacial score (nSPS) is 10.4. The van der Waals surface area contributed by atoms with Crippen molar-refractivity contribution in [3.05, 3.63) is 23.8 Å². The lowest BCUT2D eigenvalue weighted by atomic mass is 10.1. The van der Waals surface area contributed by atoms with Crippen LogP contribution in [-0.4, -0.2) is 37.7 Å². The predicted octanol–water partition coefficient (Wildman–Crippen LogP) is 4.54. The molecule has 0 fully saturated rings. The molecule has 0 radical (unpaired) electrons. The van der Waals surface area contributed by atoms with Gasteiger partial charge in [0.1, 0.15) is 0 Å². The van der Waals surface area contributed by atoms with Crippen LogP contribution in [0.5, 0.6) is 11.5 Å². The molecule has 0 saturated carbocycles. The fraction of sp³-hybridized carbons (Fsp3) is 0.619. The van der Waals surface area contributed by atoms with Crippen LogP contribution >= 0.6 is 0 Å². The van der Waals surface area contributed by atoms with Gasteiger partial charge < -0.3 is 9.47 Å². The van der Waals surface area contributed by atoms with E-state index < -0.39 is 0 Å². The first kappa shape index (κ1) is 20.4. The van der Waals surface area contributed by atoms with Crippen molar-refractivity contribution in [3.8, 4) is 23.3 Å². The molecular formula is C21H33NO2. The van der Waals surface area contributed by atoms with Crippen LogP contribution in [0.2, 0.25) is 0 Å². The Morgan fingerprint density at radius 3 is 2.42 bits per heavy atom. The smallest absolute Gasteiger partial charge is 0.161 e. The quantitative estimate of drug-likeness (QED) is 0.439. The minimum absolute atomic E-state index is 0.656. The molecule has 0 spiro atoms. The van der Waals surface area contributed by atoms with Crippen LogP contribution in [0.25, 0.3) is 0 Å². The second kappa shape index (κ2) is 12.7. The number of nitrogens with zero attached hydrogens (tertiary/aromatic N) is 1. The van der Waals surface area contributed by atoms with Crippen LogP contribution in [0, 0.1) is 11.8 Å². The number of hydrogen-bond donors (Lipinski definition) is 0. The van der Waals surface area contributed by atoms with E-state index in [-0.39, 0.29) is 0 Å². The molecule has 134 valence electrons. The molecule has 0 bridgehead atoms. The van der Waals surface area contributed by atoms with Gasteiger partial charge in [-0.2, -0.15) is 0 Å². The molecule has 0 unspecified atom stereocenters. The molecule has 0 aliphatic carbocycles. The molecular weight excluding hydrogens is 298 g/mol. The van der Waals surface area contributed by atoms with Crippen molar-refractivity contribution in [2.45, 2.75) is 53.4 Å². The summed E-state index contributed by atoms with van der Waals surface area (Å²) in [5.41, 5.74) is 1.29. The summed E-state index contributed by atoms with van der Waals surface area (Å²) in [5, 5.41) is 0. The average molecular weight is 332 g/mol. The molecule has 0 aliphatic rings. The molecule has 24 heavy (non-hydrogen) atoms. The van der Waals surface area contributed by atoms with Crippen LogP contribution in [0.3, 0.4) is 0 Å². The summed E-state index contributed by atoms with van der Waals surface area (Å²) < 4.78 is 11.5. The Kier molecular flexibility index (Phi) is 10.8. The lowest BCUT2D eigenvalue weighted by Gasteiger charge is -2.13. The van der Waals surface area contributed by atoms with Gasteiger partial charge in [-0.05, 0) is 57.0 Å². The summed E-state index contributed by atoms with van der Waals surface area (Å²) in [6.45, 7) is 12.9. The summed E-state index contributed by atoms with van der Waals surface area (Å²) in [5.74, 6) is 8.26. The Morgan fingerprint density at radius 2 is 1.75 bits per heavy atom. The zero-order valence-electron chi connectivity index (χ0n) is 15.9. The van der Waals surface area contributed by atoms with E-state index in [4.69, 9.17) is 9.47 Å². The van der Waals surface area contributed by atoms with E-state index in [9.17, 15) is 0 Å². The molecule has 0 saturated heterocycles. The van der Waals surface area contributed by atoms with Crippen molar-refractivity contribution in [1.29, 1.82) is 0 Å². The fourth-order valence-electron chi connectivity index (χ4n) is 2.39. The summed E-state index contributed by atoms with van der Waals surface area (Å²) in [4.78, 5) is 2.33. The molecule has 0 amide bonds. The Hall–Kier alpha value is -1.66. The summed E-state index contributed by atoms with van der Waals surface area (Å²) in [7, 11) is 0. The van der Waals surface area contributed by atoms with Crippen LogP contribution in [0.1, 0.15) is 52.5 Å². The summed E-state index contributed by atoms with van der Waals surface area (Å²) in [6.07, 6.45) is 4.04. The lowest BCUT2D eigenvalue weighted by molar-refractivity contribution is 0.276. The van der Waals surface area contributed by atoms with Gasteiger partial charge in [-0.1, -0.05) is 32.8 Å². The highest BCUT2D eigenvalue weighted by atomic mass is 16.5. The van der Waals surface area contributed by atoms with Gasteiger partial charge in [0.15, 0.2) is 11.5 Å². The maximum absolute atomic E-state index is 5.74. The van der Waals surface area contributed by atoms with Gasteiger partial charge >= 0.3 is 0 Å². The first-order valence-electron chi connectivity index (χ1n) is 9.31. The third-order valence-electron chi connectivity index (χ3n) is 3.86. The van der Waals surface area contributed by atoms with Crippen molar-refractivity contribution in [2.24, 2.45) is 0 Å². The topological polar surface area (TPSA) is 21.7 Å². The van der Waals surface area contributed by atoms with Gasteiger partial charge in [0.05, 0.1) is 19.8 Å². The third-order valence-corrected chi connectivity index (χ3v) is 3.86. The Balaban J connectivity index is 2.47. The maximum Gasteiger partial charge on any atom is 0.161 e. The number of aryl methyl sites for hydroxylation is 1. The van der Waals surface area contributed by atoms with Crippen LogP contribution < -0.4 is 9.47 Å². The van der Waals surface area contributed by atoms with Gasteiger partial charge in [-0.25, -0.2) is 0 Å². The average Bonchev–Trinajstić information content (AvgIpc) is 2.61. The van der Waals surface area contributed by atoms with Crippen molar-refractivity contribution < 1.29 is 9.47 Å². The second-order valence-corrected chi connectivity index (χ2v) is 5.73. The molecule has 0 aromatic heterocycles. The number of hydrogen-bond acceptors (Lipinski definition) is 3. The van der Waals surface area contributed by atoms with Gasteiger partial charge in [-0.3, -0.25) is 4.90 Å². The molecule has 1 rings (SSSR count). The molecule has 0 atom stereocenters. The highest BCUT2D eigenvalue weighted by Gasteiger charge is 2.06. The fourth-order valence-corrected chi connectivity index (χ4v) is 2.39. The van der Waals surface area contributed by atoms with Crippen molar-refractivity contribution in [3.63, 3.8) is 0 Å².